The maximum absolute atomic E-state index is 11.8. The molecule has 1 rings (SSSR count). The van der Waals surface area contributed by atoms with Crippen LogP contribution in [0.25, 0.3) is 0 Å². The summed E-state index contributed by atoms with van der Waals surface area (Å²) in [6.07, 6.45) is -4.32. The summed E-state index contributed by atoms with van der Waals surface area (Å²) in [5, 5.41) is 4.51. The Hall–Kier alpha value is -0.600. The van der Waals surface area contributed by atoms with Gasteiger partial charge in [-0.3, -0.25) is 4.79 Å². The van der Waals surface area contributed by atoms with Crippen LogP contribution in [0.5, 0.6) is 0 Å². The number of nitrogens with one attached hydrogen (secondary N) is 2. The van der Waals surface area contributed by atoms with E-state index in [9.17, 15) is 18.0 Å². The van der Waals surface area contributed by atoms with Crippen molar-refractivity contribution in [1.82, 2.24) is 5.32 Å². The van der Waals surface area contributed by atoms with Crippen LogP contribution in [0.4, 0.5) is 18.9 Å². The predicted molar refractivity (Wildman–Crippen MR) is 69.4 cm³/mol. The molecule has 0 radical (unpaired) electrons. The normalized spacial score (nSPS) is 11.4. The number of halogens is 5. The van der Waals surface area contributed by atoms with Gasteiger partial charge < -0.3 is 10.6 Å². The largest absolute Gasteiger partial charge is 0.401 e. The van der Waals surface area contributed by atoms with E-state index < -0.39 is 25.2 Å². The van der Waals surface area contributed by atoms with Crippen LogP contribution in [0.3, 0.4) is 0 Å². The minimum atomic E-state index is -4.32. The van der Waals surface area contributed by atoms with Gasteiger partial charge in [0.25, 0.3) is 0 Å². The number of hydrogen-bond donors (Lipinski definition) is 2. The quantitative estimate of drug-likeness (QED) is 0.829. The molecule has 0 aromatic heterocycles. The zero-order valence-electron chi connectivity index (χ0n) is 8.94. The first-order chi connectivity index (χ1) is 8.28. The number of alkyl halides is 3. The molecule has 0 bridgehead atoms. The van der Waals surface area contributed by atoms with Crippen LogP contribution < -0.4 is 10.6 Å². The Morgan fingerprint density at radius 1 is 1.28 bits per heavy atom. The number of carbonyl (C=O) groups is 1. The summed E-state index contributed by atoms with van der Waals surface area (Å²) in [5.41, 5.74) is 0.489. The molecular weight excluding hydrogens is 381 g/mol. The maximum atomic E-state index is 11.8. The SMILES string of the molecule is O=C(CNCC(F)(F)F)Nc1cc(Br)ccc1Br. The molecule has 0 saturated carbocycles. The molecule has 2 N–H and O–H groups in total. The molecule has 0 spiro atoms. The lowest BCUT2D eigenvalue weighted by atomic mass is 10.3. The highest BCUT2D eigenvalue weighted by Gasteiger charge is 2.26. The number of carbonyl (C=O) groups excluding carboxylic acids is 1. The molecule has 100 valence electrons. The number of hydrogen-bond acceptors (Lipinski definition) is 2. The van der Waals surface area contributed by atoms with Crippen molar-refractivity contribution < 1.29 is 18.0 Å². The van der Waals surface area contributed by atoms with Gasteiger partial charge >= 0.3 is 6.18 Å². The molecule has 1 amide bonds. The van der Waals surface area contributed by atoms with Crippen molar-refractivity contribution in [3.8, 4) is 0 Å². The molecule has 0 aliphatic rings. The molecular formula is C10H9Br2F3N2O. The molecule has 0 saturated heterocycles. The van der Waals surface area contributed by atoms with Crippen LogP contribution in [-0.4, -0.2) is 25.2 Å². The summed E-state index contributed by atoms with van der Waals surface area (Å²) in [4.78, 5) is 11.4. The van der Waals surface area contributed by atoms with Crippen molar-refractivity contribution in [1.29, 1.82) is 0 Å². The van der Waals surface area contributed by atoms with Gasteiger partial charge in [0.05, 0.1) is 18.8 Å². The zero-order chi connectivity index (χ0) is 13.8. The van der Waals surface area contributed by atoms with Crippen LogP contribution in [0.1, 0.15) is 0 Å². The summed E-state index contributed by atoms with van der Waals surface area (Å²) in [5.74, 6) is -0.543. The molecule has 3 nitrogen and oxygen atoms in total. The van der Waals surface area contributed by atoms with Crippen LogP contribution in [0, 0.1) is 0 Å². The maximum Gasteiger partial charge on any atom is 0.401 e. The van der Waals surface area contributed by atoms with Gasteiger partial charge in [0.1, 0.15) is 0 Å². The van der Waals surface area contributed by atoms with Gasteiger partial charge in [0.2, 0.25) is 5.91 Å². The van der Waals surface area contributed by atoms with Crippen LogP contribution in [0.2, 0.25) is 0 Å². The van der Waals surface area contributed by atoms with Crippen molar-refractivity contribution in [3.05, 3.63) is 27.1 Å². The molecule has 0 aliphatic heterocycles. The van der Waals surface area contributed by atoms with Gasteiger partial charge in [-0.25, -0.2) is 0 Å². The smallest absolute Gasteiger partial charge is 0.324 e. The van der Waals surface area contributed by atoms with Crippen molar-refractivity contribution in [2.75, 3.05) is 18.4 Å². The zero-order valence-corrected chi connectivity index (χ0v) is 12.1. The van der Waals surface area contributed by atoms with Crippen LogP contribution >= 0.6 is 31.9 Å². The van der Waals surface area contributed by atoms with Gasteiger partial charge in [-0.2, -0.15) is 13.2 Å². The van der Waals surface area contributed by atoms with E-state index in [1.54, 1.807) is 18.2 Å². The first-order valence-electron chi connectivity index (χ1n) is 4.80. The third-order valence-corrected chi connectivity index (χ3v) is 3.00. The molecule has 0 fully saturated rings. The second-order valence-electron chi connectivity index (χ2n) is 3.39. The van der Waals surface area contributed by atoms with Crippen molar-refractivity contribution in [3.63, 3.8) is 0 Å². The lowest BCUT2D eigenvalue weighted by Gasteiger charge is -2.10. The van der Waals surface area contributed by atoms with E-state index >= 15 is 0 Å². The number of benzene rings is 1. The minimum Gasteiger partial charge on any atom is -0.324 e. The van der Waals surface area contributed by atoms with E-state index in [0.29, 0.717) is 10.2 Å². The van der Waals surface area contributed by atoms with Gasteiger partial charge in [0.15, 0.2) is 0 Å². The van der Waals surface area contributed by atoms with E-state index in [1.165, 1.54) is 0 Å². The molecule has 18 heavy (non-hydrogen) atoms. The van der Waals surface area contributed by atoms with E-state index in [4.69, 9.17) is 0 Å². The molecule has 0 heterocycles. The van der Waals surface area contributed by atoms with E-state index in [0.717, 1.165) is 4.47 Å². The Bertz CT molecular complexity index is 438. The fraction of sp³-hybridized carbons (Fsp3) is 0.300. The third-order valence-electron chi connectivity index (χ3n) is 1.81. The molecule has 0 aliphatic carbocycles. The Morgan fingerprint density at radius 2 is 1.94 bits per heavy atom. The second kappa shape index (κ2) is 6.53. The summed E-state index contributed by atoms with van der Waals surface area (Å²) >= 11 is 6.45. The standard InChI is InChI=1S/C10H9Br2F3N2O/c11-6-1-2-7(12)8(3-6)17-9(18)4-16-5-10(13,14)15/h1-3,16H,4-5H2,(H,17,18). The summed E-state index contributed by atoms with van der Waals surface area (Å²) in [7, 11) is 0. The van der Waals surface area contributed by atoms with Crippen LogP contribution in [-0.2, 0) is 4.79 Å². The second-order valence-corrected chi connectivity index (χ2v) is 5.16. The first-order valence-corrected chi connectivity index (χ1v) is 6.39. The van der Waals surface area contributed by atoms with Gasteiger partial charge in [-0.05, 0) is 34.1 Å². The lowest BCUT2D eigenvalue weighted by Crippen LogP contribution is -2.35. The topological polar surface area (TPSA) is 41.1 Å². The Balaban J connectivity index is 2.47. The van der Waals surface area contributed by atoms with E-state index in [1.807, 2.05) is 5.32 Å². The van der Waals surface area contributed by atoms with Gasteiger partial charge in [-0.15, -0.1) is 0 Å². The summed E-state index contributed by atoms with van der Waals surface area (Å²) in [6, 6.07) is 5.12. The van der Waals surface area contributed by atoms with Crippen LogP contribution in [0.15, 0.2) is 27.1 Å². The van der Waals surface area contributed by atoms with Crippen molar-refractivity contribution >= 4 is 43.5 Å². The minimum absolute atomic E-state index is 0.404. The molecule has 0 atom stereocenters. The number of anilines is 1. The Kier molecular flexibility index (Phi) is 5.61. The highest BCUT2D eigenvalue weighted by Crippen LogP contribution is 2.25. The predicted octanol–water partition coefficient (Wildman–Crippen LogP) is 3.30. The van der Waals surface area contributed by atoms with E-state index in [-0.39, 0.29) is 0 Å². The summed E-state index contributed by atoms with van der Waals surface area (Å²) < 4.78 is 36.9. The lowest BCUT2D eigenvalue weighted by molar-refractivity contribution is -0.126. The van der Waals surface area contributed by atoms with Gasteiger partial charge in [-0.1, -0.05) is 15.9 Å². The highest BCUT2D eigenvalue weighted by molar-refractivity contribution is 9.11. The third kappa shape index (κ3) is 5.83. The Morgan fingerprint density at radius 3 is 2.56 bits per heavy atom. The van der Waals surface area contributed by atoms with Crippen molar-refractivity contribution in [2.45, 2.75) is 6.18 Å². The molecule has 1 aromatic rings. The average Bonchev–Trinajstić information content (AvgIpc) is 2.21. The fourth-order valence-corrected chi connectivity index (χ4v) is 1.81. The Labute approximate surface area is 118 Å². The molecule has 0 unspecified atom stereocenters. The molecule has 1 aromatic carbocycles. The number of rotatable bonds is 4. The fourth-order valence-electron chi connectivity index (χ4n) is 1.11. The van der Waals surface area contributed by atoms with E-state index in [2.05, 4.69) is 37.2 Å². The summed E-state index contributed by atoms with van der Waals surface area (Å²) in [6.45, 7) is -1.60. The van der Waals surface area contributed by atoms with Crippen molar-refractivity contribution in [2.24, 2.45) is 0 Å². The highest BCUT2D eigenvalue weighted by atomic mass is 79.9. The molecule has 8 heteroatoms. The monoisotopic (exact) mass is 388 g/mol. The number of amides is 1. The average molecular weight is 390 g/mol. The van der Waals surface area contributed by atoms with Gasteiger partial charge in [0, 0.05) is 8.95 Å². The first kappa shape index (κ1) is 15.5.